The van der Waals surface area contributed by atoms with Gasteiger partial charge in [-0.15, -0.1) is 0 Å². The Morgan fingerprint density at radius 2 is 1.96 bits per heavy atom. The lowest BCUT2D eigenvalue weighted by atomic mass is 10.1. The Hall–Kier alpha value is -2.14. The van der Waals surface area contributed by atoms with Crippen LogP contribution in [0.15, 0.2) is 46.9 Å². The van der Waals surface area contributed by atoms with E-state index in [0.717, 1.165) is 27.0 Å². The molecule has 1 saturated heterocycles. The van der Waals surface area contributed by atoms with E-state index in [-0.39, 0.29) is 24.2 Å². The summed E-state index contributed by atoms with van der Waals surface area (Å²) in [5.74, 6) is -0.473. The average Bonchev–Trinajstić information content (AvgIpc) is 2.93. The van der Waals surface area contributed by atoms with Crippen LogP contribution in [0.1, 0.15) is 17.5 Å². The van der Waals surface area contributed by atoms with Gasteiger partial charge in [0, 0.05) is 23.1 Å². The van der Waals surface area contributed by atoms with Crippen molar-refractivity contribution in [2.45, 2.75) is 20.3 Å². The zero-order valence-corrected chi connectivity index (χ0v) is 15.3. The molecule has 4 nitrogen and oxygen atoms in total. The number of anilines is 2. The van der Waals surface area contributed by atoms with Crippen molar-refractivity contribution in [3.63, 3.8) is 0 Å². The number of nitrogens with zero attached hydrogens (tertiary/aromatic N) is 1. The van der Waals surface area contributed by atoms with Crippen LogP contribution in [0.5, 0.6) is 0 Å². The van der Waals surface area contributed by atoms with Gasteiger partial charge in [-0.25, -0.2) is 0 Å². The van der Waals surface area contributed by atoms with E-state index in [2.05, 4.69) is 21.2 Å². The molecule has 5 heteroatoms. The van der Waals surface area contributed by atoms with Crippen molar-refractivity contribution in [2.24, 2.45) is 5.92 Å². The van der Waals surface area contributed by atoms with Crippen LogP contribution in [0.3, 0.4) is 0 Å². The molecule has 1 aliphatic rings. The number of amides is 2. The molecule has 2 amide bonds. The fourth-order valence-electron chi connectivity index (χ4n) is 2.89. The molecular weight excluding hydrogens is 368 g/mol. The standard InChI is InChI=1S/C19H19BrN2O2/c1-12-7-8-13(2)16(9-12)21-19(24)14-10-18(23)22(11-14)17-6-4-3-5-15(17)20/h3-9,14H,10-11H2,1-2H3,(H,21,24)/t14-/m1/s1. The Morgan fingerprint density at radius 1 is 1.21 bits per heavy atom. The predicted octanol–water partition coefficient (Wildman–Crippen LogP) is 4.06. The molecule has 1 atom stereocenters. The van der Waals surface area contributed by atoms with E-state index in [1.54, 1.807) is 4.90 Å². The second kappa shape index (κ2) is 6.77. The Balaban J connectivity index is 1.75. The van der Waals surface area contributed by atoms with E-state index in [9.17, 15) is 9.59 Å². The Bertz CT molecular complexity index is 804. The monoisotopic (exact) mass is 386 g/mol. The zero-order valence-electron chi connectivity index (χ0n) is 13.7. The first-order chi connectivity index (χ1) is 11.5. The second-order valence-electron chi connectivity index (χ2n) is 6.16. The van der Waals surface area contributed by atoms with Gasteiger partial charge in [0.2, 0.25) is 11.8 Å². The van der Waals surface area contributed by atoms with Crippen LogP contribution in [-0.2, 0) is 9.59 Å². The highest BCUT2D eigenvalue weighted by atomic mass is 79.9. The number of carbonyl (C=O) groups excluding carboxylic acids is 2. The molecule has 1 heterocycles. The number of hydrogen-bond acceptors (Lipinski definition) is 2. The summed E-state index contributed by atoms with van der Waals surface area (Å²) in [5.41, 5.74) is 3.73. The number of benzene rings is 2. The molecular formula is C19H19BrN2O2. The Kier molecular flexibility index (Phi) is 4.71. The number of nitrogens with one attached hydrogen (secondary N) is 1. The number of carbonyl (C=O) groups is 2. The number of para-hydroxylation sites is 1. The van der Waals surface area contributed by atoms with Crippen molar-refractivity contribution in [1.82, 2.24) is 0 Å². The third-order valence-electron chi connectivity index (χ3n) is 4.29. The fraction of sp³-hybridized carbons (Fsp3) is 0.263. The Labute approximate surface area is 150 Å². The summed E-state index contributed by atoms with van der Waals surface area (Å²) in [6.07, 6.45) is 0.234. The van der Waals surface area contributed by atoms with Crippen LogP contribution in [0.2, 0.25) is 0 Å². The maximum atomic E-state index is 12.6. The van der Waals surface area contributed by atoms with Crippen LogP contribution in [0.25, 0.3) is 0 Å². The first-order valence-electron chi connectivity index (χ1n) is 7.88. The minimum Gasteiger partial charge on any atom is -0.326 e. The van der Waals surface area contributed by atoms with Crippen molar-refractivity contribution >= 4 is 39.1 Å². The minimum atomic E-state index is -0.343. The van der Waals surface area contributed by atoms with Crippen molar-refractivity contribution in [1.29, 1.82) is 0 Å². The van der Waals surface area contributed by atoms with E-state index in [1.165, 1.54) is 0 Å². The number of rotatable bonds is 3. The van der Waals surface area contributed by atoms with Crippen molar-refractivity contribution < 1.29 is 9.59 Å². The summed E-state index contributed by atoms with van der Waals surface area (Å²) in [6.45, 7) is 4.35. The van der Waals surface area contributed by atoms with Gasteiger partial charge < -0.3 is 10.2 Å². The molecule has 2 aromatic rings. The molecule has 1 aliphatic heterocycles. The van der Waals surface area contributed by atoms with Gasteiger partial charge in [0.15, 0.2) is 0 Å². The molecule has 0 saturated carbocycles. The summed E-state index contributed by atoms with van der Waals surface area (Å²) >= 11 is 3.47. The molecule has 0 aromatic heterocycles. The summed E-state index contributed by atoms with van der Waals surface area (Å²) in [6, 6.07) is 13.5. The molecule has 0 bridgehead atoms. The minimum absolute atomic E-state index is 0.0250. The van der Waals surface area contributed by atoms with Crippen LogP contribution in [0, 0.1) is 19.8 Å². The van der Waals surface area contributed by atoms with E-state index < -0.39 is 0 Å². The average molecular weight is 387 g/mol. The molecule has 24 heavy (non-hydrogen) atoms. The first-order valence-corrected chi connectivity index (χ1v) is 8.68. The predicted molar refractivity (Wildman–Crippen MR) is 99.1 cm³/mol. The maximum Gasteiger partial charge on any atom is 0.229 e. The first kappa shape index (κ1) is 16.7. The van der Waals surface area contributed by atoms with Crippen LogP contribution in [0.4, 0.5) is 11.4 Å². The molecule has 124 valence electrons. The summed E-state index contributed by atoms with van der Waals surface area (Å²) in [4.78, 5) is 26.6. The molecule has 1 fully saturated rings. The van der Waals surface area contributed by atoms with E-state index >= 15 is 0 Å². The smallest absolute Gasteiger partial charge is 0.229 e. The quantitative estimate of drug-likeness (QED) is 0.864. The number of halogens is 1. The number of hydrogen-bond donors (Lipinski definition) is 1. The highest BCUT2D eigenvalue weighted by Gasteiger charge is 2.35. The van der Waals surface area contributed by atoms with E-state index in [1.807, 2.05) is 56.3 Å². The summed E-state index contributed by atoms with van der Waals surface area (Å²) < 4.78 is 0.855. The lowest BCUT2D eigenvalue weighted by molar-refractivity contribution is -0.122. The molecule has 3 rings (SSSR count). The van der Waals surface area contributed by atoms with Crippen LogP contribution in [-0.4, -0.2) is 18.4 Å². The van der Waals surface area contributed by atoms with Gasteiger partial charge in [0.1, 0.15) is 0 Å². The second-order valence-corrected chi connectivity index (χ2v) is 7.02. The SMILES string of the molecule is Cc1ccc(C)c(NC(=O)[C@@H]2CC(=O)N(c3ccccc3Br)C2)c1. The Morgan fingerprint density at radius 3 is 2.71 bits per heavy atom. The topological polar surface area (TPSA) is 49.4 Å². The summed E-state index contributed by atoms with van der Waals surface area (Å²) in [5, 5.41) is 2.97. The molecule has 0 aliphatic carbocycles. The van der Waals surface area contributed by atoms with Gasteiger partial charge in [0.25, 0.3) is 0 Å². The van der Waals surface area contributed by atoms with E-state index in [4.69, 9.17) is 0 Å². The van der Waals surface area contributed by atoms with Gasteiger partial charge in [-0.3, -0.25) is 9.59 Å². The van der Waals surface area contributed by atoms with Gasteiger partial charge in [-0.1, -0.05) is 24.3 Å². The third kappa shape index (κ3) is 3.36. The lowest BCUT2D eigenvalue weighted by Gasteiger charge is -2.18. The molecule has 0 unspecified atom stereocenters. The molecule has 1 N–H and O–H groups in total. The van der Waals surface area contributed by atoms with Crippen molar-refractivity contribution in [3.8, 4) is 0 Å². The molecule has 0 spiro atoms. The normalized spacial score (nSPS) is 17.2. The van der Waals surface area contributed by atoms with Gasteiger partial charge in [-0.2, -0.15) is 0 Å². The molecule has 2 aromatic carbocycles. The fourth-order valence-corrected chi connectivity index (χ4v) is 3.39. The zero-order chi connectivity index (χ0) is 17.3. The van der Waals surface area contributed by atoms with Crippen molar-refractivity contribution in [3.05, 3.63) is 58.1 Å². The van der Waals surface area contributed by atoms with Crippen LogP contribution < -0.4 is 10.2 Å². The van der Waals surface area contributed by atoms with Gasteiger partial charge in [0.05, 0.1) is 11.6 Å². The van der Waals surface area contributed by atoms with E-state index in [0.29, 0.717) is 6.54 Å². The summed E-state index contributed by atoms with van der Waals surface area (Å²) in [7, 11) is 0. The van der Waals surface area contributed by atoms with Crippen LogP contribution >= 0.6 is 15.9 Å². The van der Waals surface area contributed by atoms with Crippen molar-refractivity contribution in [2.75, 3.05) is 16.8 Å². The molecule has 0 radical (unpaired) electrons. The largest absolute Gasteiger partial charge is 0.326 e. The number of aryl methyl sites for hydroxylation is 2. The third-order valence-corrected chi connectivity index (χ3v) is 4.96. The highest BCUT2D eigenvalue weighted by Crippen LogP contribution is 2.31. The highest BCUT2D eigenvalue weighted by molar-refractivity contribution is 9.10. The van der Waals surface area contributed by atoms with Gasteiger partial charge >= 0.3 is 0 Å². The maximum absolute atomic E-state index is 12.6. The lowest BCUT2D eigenvalue weighted by Crippen LogP contribution is -2.28. The van der Waals surface area contributed by atoms with Gasteiger partial charge in [-0.05, 0) is 59.1 Å².